The molecule has 0 saturated heterocycles. The first-order chi connectivity index (χ1) is 9.45. The third-order valence-corrected chi connectivity index (χ3v) is 2.98. The summed E-state index contributed by atoms with van der Waals surface area (Å²) in [5.41, 5.74) is 6.94. The van der Waals surface area contributed by atoms with Crippen LogP contribution in [0.1, 0.15) is 21.5 Å². The molecule has 2 rings (SSSR count). The molecule has 0 unspecified atom stereocenters. The van der Waals surface area contributed by atoms with Crippen molar-refractivity contribution >= 4 is 17.5 Å². The number of rotatable bonds is 4. The predicted octanol–water partition coefficient (Wildman–Crippen LogP) is 3.47. The van der Waals surface area contributed by atoms with E-state index in [1.807, 2.05) is 0 Å². The molecule has 0 aromatic heterocycles. The lowest BCUT2D eigenvalue weighted by Crippen LogP contribution is -2.14. The van der Waals surface area contributed by atoms with Crippen LogP contribution in [0.15, 0.2) is 36.4 Å². The second kappa shape index (κ2) is 5.92. The van der Waals surface area contributed by atoms with Crippen LogP contribution in [-0.4, -0.2) is 5.91 Å². The lowest BCUT2D eigenvalue weighted by atomic mass is 10.1. The molecule has 0 aliphatic carbocycles. The van der Waals surface area contributed by atoms with Crippen molar-refractivity contribution in [1.29, 1.82) is 0 Å². The zero-order valence-electron chi connectivity index (χ0n) is 10.8. The van der Waals surface area contributed by atoms with Crippen molar-refractivity contribution in [3.63, 3.8) is 0 Å². The maximum absolute atomic E-state index is 13.2. The van der Waals surface area contributed by atoms with Crippen LogP contribution in [-0.2, 0) is 6.61 Å². The van der Waals surface area contributed by atoms with Gasteiger partial charge in [-0.2, -0.15) is 0 Å². The summed E-state index contributed by atoms with van der Waals surface area (Å²) in [6, 6.07) is 9.19. The third-order valence-electron chi connectivity index (χ3n) is 2.75. The molecule has 3 nitrogen and oxygen atoms in total. The average molecular weight is 294 g/mol. The molecular weight excluding hydrogens is 281 g/mol. The molecule has 2 aromatic rings. The fraction of sp³-hybridized carbons (Fsp3) is 0.133. The van der Waals surface area contributed by atoms with Crippen molar-refractivity contribution in [2.45, 2.75) is 13.5 Å². The Morgan fingerprint density at radius 2 is 2.05 bits per heavy atom. The van der Waals surface area contributed by atoms with E-state index in [4.69, 9.17) is 22.1 Å². The van der Waals surface area contributed by atoms with Crippen LogP contribution in [0, 0.1) is 12.7 Å². The van der Waals surface area contributed by atoms with Gasteiger partial charge < -0.3 is 10.5 Å². The zero-order chi connectivity index (χ0) is 14.7. The molecule has 20 heavy (non-hydrogen) atoms. The van der Waals surface area contributed by atoms with Crippen LogP contribution in [0.3, 0.4) is 0 Å². The van der Waals surface area contributed by atoms with Gasteiger partial charge in [0.1, 0.15) is 18.2 Å². The summed E-state index contributed by atoms with van der Waals surface area (Å²) in [7, 11) is 0. The molecule has 0 spiro atoms. The Hall–Kier alpha value is -2.07. The highest BCUT2D eigenvalue weighted by molar-refractivity contribution is 6.31. The van der Waals surface area contributed by atoms with E-state index < -0.39 is 5.91 Å². The number of carbonyl (C=O) groups excluding carboxylic acids is 1. The van der Waals surface area contributed by atoms with Gasteiger partial charge in [0.05, 0.1) is 0 Å². The normalized spacial score (nSPS) is 10.3. The maximum Gasteiger partial charge on any atom is 0.249 e. The number of amides is 1. The number of halogens is 2. The number of nitrogens with two attached hydrogens (primary N) is 1. The van der Waals surface area contributed by atoms with Gasteiger partial charge in [-0.3, -0.25) is 4.79 Å². The minimum atomic E-state index is -0.582. The van der Waals surface area contributed by atoms with Crippen LogP contribution < -0.4 is 10.5 Å². The molecule has 0 aliphatic heterocycles. The van der Waals surface area contributed by atoms with Crippen molar-refractivity contribution in [3.8, 4) is 5.75 Å². The van der Waals surface area contributed by atoms with Gasteiger partial charge in [0, 0.05) is 22.2 Å². The first-order valence-corrected chi connectivity index (χ1v) is 6.32. The number of hydrogen-bond donors (Lipinski definition) is 1. The molecule has 0 atom stereocenters. The predicted molar refractivity (Wildman–Crippen MR) is 75.4 cm³/mol. The summed E-state index contributed by atoms with van der Waals surface area (Å²) in [4.78, 5) is 11.3. The standard InChI is InChI=1S/C15H13ClFNO2/c1-9-4-12(17)7-13(5-9)20-8-10-2-3-11(16)6-14(10)15(18)19/h2-7H,8H2,1H3,(H2,18,19). The largest absolute Gasteiger partial charge is 0.489 e. The first-order valence-electron chi connectivity index (χ1n) is 5.94. The summed E-state index contributed by atoms with van der Waals surface area (Å²) in [5, 5.41) is 0.421. The number of aryl methyl sites for hydroxylation is 1. The monoisotopic (exact) mass is 293 g/mol. The molecule has 104 valence electrons. The van der Waals surface area contributed by atoms with Gasteiger partial charge in [-0.15, -0.1) is 0 Å². The minimum absolute atomic E-state index is 0.109. The van der Waals surface area contributed by atoms with Gasteiger partial charge in [-0.25, -0.2) is 4.39 Å². The molecule has 2 N–H and O–H groups in total. The van der Waals surface area contributed by atoms with Crippen molar-refractivity contribution in [1.82, 2.24) is 0 Å². The topological polar surface area (TPSA) is 52.3 Å². The van der Waals surface area contributed by atoms with Crippen molar-refractivity contribution in [3.05, 3.63) is 63.9 Å². The molecule has 0 fully saturated rings. The summed E-state index contributed by atoms with van der Waals surface area (Å²) in [6.07, 6.45) is 0. The van der Waals surface area contributed by atoms with Crippen LogP contribution in [0.2, 0.25) is 5.02 Å². The van der Waals surface area contributed by atoms with E-state index >= 15 is 0 Å². The molecule has 5 heteroatoms. The van der Waals surface area contributed by atoms with E-state index in [2.05, 4.69) is 0 Å². The highest BCUT2D eigenvalue weighted by Crippen LogP contribution is 2.20. The quantitative estimate of drug-likeness (QED) is 0.938. The Balaban J connectivity index is 2.20. The summed E-state index contributed by atoms with van der Waals surface area (Å²) >= 11 is 5.82. The number of benzene rings is 2. The molecule has 0 saturated carbocycles. The third kappa shape index (κ3) is 3.48. The van der Waals surface area contributed by atoms with E-state index in [1.165, 1.54) is 18.2 Å². The lowest BCUT2D eigenvalue weighted by Gasteiger charge is -2.10. The smallest absolute Gasteiger partial charge is 0.249 e. The lowest BCUT2D eigenvalue weighted by molar-refractivity contribution is 0.0998. The van der Waals surface area contributed by atoms with E-state index in [1.54, 1.807) is 25.1 Å². The van der Waals surface area contributed by atoms with E-state index in [0.717, 1.165) is 5.56 Å². The fourth-order valence-electron chi connectivity index (χ4n) is 1.85. The summed E-state index contributed by atoms with van der Waals surface area (Å²) in [6.45, 7) is 1.88. The van der Waals surface area contributed by atoms with Crippen molar-refractivity contribution < 1.29 is 13.9 Å². The fourth-order valence-corrected chi connectivity index (χ4v) is 2.02. The second-order valence-corrected chi connectivity index (χ2v) is 4.86. The molecule has 0 radical (unpaired) electrons. The summed E-state index contributed by atoms with van der Waals surface area (Å²) in [5.74, 6) is -0.555. The van der Waals surface area contributed by atoms with Crippen LogP contribution in [0.4, 0.5) is 4.39 Å². The zero-order valence-corrected chi connectivity index (χ0v) is 11.6. The SMILES string of the molecule is Cc1cc(F)cc(OCc2ccc(Cl)cc2C(N)=O)c1. The van der Waals surface area contributed by atoms with Gasteiger partial charge in [-0.1, -0.05) is 17.7 Å². The van der Waals surface area contributed by atoms with Gasteiger partial charge in [0.25, 0.3) is 0 Å². The number of primary amides is 1. The molecular formula is C15H13ClFNO2. The Morgan fingerprint density at radius 3 is 2.70 bits per heavy atom. The van der Waals surface area contributed by atoms with E-state index in [-0.39, 0.29) is 12.4 Å². The highest BCUT2D eigenvalue weighted by Gasteiger charge is 2.10. The Kier molecular flexibility index (Phi) is 4.25. The van der Waals surface area contributed by atoms with Crippen molar-refractivity contribution in [2.75, 3.05) is 0 Å². The molecule has 0 bridgehead atoms. The number of ether oxygens (including phenoxy) is 1. The Morgan fingerprint density at radius 1 is 1.30 bits per heavy atom. The molecule has 0 aliphatic rings. The Labute approximate surface area is 121 Å². The van der Waals surface area contributed by atoms with Crippen LogP contribution in [0.25, 0.3) is 0 Å². The molecule has 1 amide bonds. The van der Waals surface area contributed by atoms with Gasteiger partial charge >= 0.3 is 0 Å². The van der Waals surface area contributed by atoms with Crippen molar-refractivity contribution in [2.24, 2.45) is 5.73 Å². The van der Waals surface area contributed by atoms with E-state index in [0.29, 0.717) is 21.9 Å². The van der Waals surface area contributed by atoms with Gasteiger partial charge in [0.15, 0.2) is 0 Å². The second-order valence-electron chi connectivity index (χ2n) is 4.42. The Bertz CT molecular complexity index is 638. The van der Waals surface area contributed by atoms with Crippen LogP contribution >= 0.6 is 11.6 Å². The minimum Gasteiger partial charge on any atom is -0.489 e. The molecule has 0 heterocycles. The van der Waals surface area contributed by atoms with Gasteiger partial charge in [-0.05, 0) is 36.8 Å². The maximum atomic E-state index is 13.2. The average Bonchev–Trinajstić information content (AvgIpc) is 2.36. The van der Waals surface area contributed by atoms with Crippen LogP contribution in [0.5, 0.6) is 5.75 Å². The van der Waals surface area contributed by atoms with Gasteiger partial charge in [0.2, 0.25) is 5.91 Å². The molecule has 2 aromatic carbocycles. The number of hydrogen-bond acceptors (Lipinski definition) is 2. The number of carbonyl (C=O) groups is 1. The van der Waals surface area contributed by atoms with E-state index in [9.17, 15) is 9.18 Å². The summed E-state index contributed by atoms with van der Waals surface area (Å²) < 4.78 is 18.7. The first kappa shape index (κ1) is 14.3. The highest BCUT2D eigenvalue weighted by atomic mass is 35.5.